The molecular weight excluding hydrogens is 185 g/mol. The van der Waals surface area contributed by atoms with Gasteiger partial charge in [-0.1, -0.05) is 6.08 Å². The Hall–Kier alpha value is -0.680. The van der Waals surface area contributed by atoms with Gasteiger partial charge in [-0.25, -0.2) is 0 Å². The third kappa shape index (κ3) is 6.06. The lowest BCUT2D eigenvalue weighted by molar-refractivity contribution is -0.138. The van der Waals surface area contributed by atoms with Gasteiger partial charge < -0.3 is 20.6 Å². The van der Waals surface area contributed by atoms with Crippen LogP contribution in [0.15, 0.2) is 11.9 Å². The lowest BCUT2D eigenvalue weighted by atomic mass is 10.2. The van der Waals surface area contributed by atoms with Crippen LogP contribution in [0.4, 0.5) is 0 Å². The Balaban J connectivity index is 3.92. The van der Waals surface area contributed by atoms with Gasteiger partial charge in [0.05, 0.1) is 0 Å². The van der Waals surface area contributed by atoms with E-state index in [1.165, 1.54) is 0 Å². The van der Waals surface area contributed by atoms with Crippen LogP contribution >= 0.6 is 7.60 Å². The fourth-order valence-corrected chi connectivity index (χ4v) is 0.842. The molecule has 0 spiro atoms. The maximum absolute atomic E-state index is 10.2. The maximum Gasteiger partial charge on any atom is 0.348 e. The summed E-state index contributed by atoms with van der Waals surface area (Å²) in [6.07, 6.45) is 0.958. The quantitative estimate of drug-likeness (QED) is 0.448. The van der Waals surface area contributed by atoms with Crippen molar-refractivity contribution in [2.75, 3.05) is 0 Å². The van der Waals surface area contributed by atoms with Crippen LogP contribution in [0.1, 0.15) is 6.42 Å². The second-order valence-electron chi connectivity index (χ2n) is 2.15. The highest BCUT2D eigenvalue weighted by Gasteiger charge is 2.10. The van der Waals surface area contributed by atoms with E-state index >= 15 is 0 Å². The highest BCUT2D eigenvalue weighted by molar-refractivity contribution is 7.55. The predicted octanol–water partition coefficient (Wildman–Crippen LogP) is -0.520. The maximum atomic E-state index is 10.2. The molecule has 0 heterocycles. The standard InChI is InChI=1S/C5H10NO5P/c6-4(5(7)8)2-1-3-12(9,10)11/h1,3-4H,2,6H2,(H,7,8)(H2,9,10,11)/b3-1+/t4-/m1/s1. The van der Waals surface area contributed by atoms with Crippen LogP contribution in [-0.2, 0) is 9.36 Å². The molecule has 0 aliphatic carbocycles. The van der Waals surface area contributed by atoms with Crippen molar-refractivity contribution in [2.24, 2.45) is 5.73 Å². The van der Waals surface area contributed by atoms with E-state index in [0.717, 1.165) is 6.08 Å². The van der Waals surface area contributed by atoms with Gasteiger partial charge >= 0.3 is 13.6 Å². The van der Waals surface area contributed by atoms with Crippen molar-refractivity contribution in [3.05, 3.63) is 11.9 Å². The van der Waals surface area contributed by atoms with Crippen LogP contribution in [0, 0.1) is 0 Å². The Kier molecular flexibility index (Phi) is 4.12. The minimum atomic E-state index is -4.18. The van der Waals surface area contributed by atoms with Crippen molar-refractivity contribution in [3.8, 4) is 0 Å². The second kappa shape index (κ2) is 4.37. The largest absolute Gasteiger partial charge is 0.480 e. The highest BCUT2D eigenvalue weighted by atomic mass is 31.2. The first-order chi connectivity index (χ1) is 5.33. The minimum Gasteiger partial charge on any atom is -0.480 e. The predicted molar refractivity (Wildman–Crippen MR) is 41.4 cm³/mol. The summed E-state index contributed by atoms with van der Waals surface area (Å²) in [5.74, 6) is -0.569. The molecule has 0 rings (SSSR count). The van der Waals surface area contributed by atoms with Gasteiger partial charge in [0.25, 0.3) is 0 Å². The first-order valence-corrected chi connectivity index (χ1v) is 4.72. The molecule has 0 amide bonds. The van der Waals surface area contributed by atoms with Gasteiger partial charge in [0.1, 0.15) is 6.04 Å². The zero-order valence-electron chi connectivity index (χ0n) is 6.12. The van der Waals surface area contributed by atoms with Crippen molar-refractivity contribution in [1.82, 2.24) is 0 Å². The Morgan fingerprint density at radius 1 is 1.58 bits per heavy atom. The Morgan fingerprint density at radius 2 is 2.08 bits per heavy atom. The molecule has 70 valence electrons. The normalized spacial score (nSPS) is 14.9. The van der Waals surface area contributed by atoms with Gasteiger partial charge in [-0.15, -0.1) is 0 Å². The molecule has 5 N–H and O–H groups in total. The number of carbonyl (C=O) groups is 1. The second-order valence-corrected chi connectivity index (χ2v) is 3.63. The summed E-state index contributed by atoms with van der Waals surface area (Å²) in [4.78, 5) is 26.7. The molecule has 12 heavy (non-hydrogen) atoms. The van der Waals surface area contributed by atoms with E-state index in [1.807, 2.05) is 0 Å². The van der Waals surface area contributed by atoms with Crippen LogP contribution in [0.3, 0.4) is 0 Å². The van der Waals surface area contributed by atoms with Gasteiger partial charge in [0.2, 0.25) is 0 Å². The average Bonchev–Trinajstić information content (AvgIpc) is 1.84. The topological polar surface area (TPSA) is 121 Å². The van der Waals surface area contributed by atoms with Crippen molar-refractivity contribution in [3.63, 3.8) is 0 Å². The molecule has 0 saturated heterocycles. The van der Waals surface area contributed by atoms with Gasteiger partial charge in [0, 0.05) is 5.82 Å². The van der Waals surface area contributed by atoms with Gasteiger partial charge in [-0.2, -0.15) is 0 Å². The van der Waals surface area contributed by atoms with E-state index in [-0.39, 0.29) is 6.42 Å². The van der Waals surface area contributed by atoms with Gasteiger partial charge in [-0.05, 0) is 6.42 Å². The smallest absolute Gasteiger partial charge is 0.348 e. The molecule has 0 aliphatic rings. The molecule has 0 bridgehead atoms. The SMILES string of the molecule is N[C@H](C/C=C/P(=O)(O)O)C(=O)O. The molecule has 0 aromatic heterocycles. The van der Waals surface area contributed by atoms with E-state index in [9.17, 15) is 9.36 Å². The third-order valence-corrected chi connectivity index (χ3v) is 1.61. The average molecular weight is 195 g/mol. The lowest BCUT2D eigenvalue weighted by Gasteiger charge is -2.00. The highest BCUT2D eigenvalue weighted by Crippen LogP contribution is 2.35. The number of hydrogen-bond donors (Lipinski definition) is 4. The summed E-state index contributed by atoms with van der Waals surface area (Å²) in [5.41, 5.74) is 5.04. The van der Waals surface area contributed by atoms with E-state index in [0.29, 0.717) is 5.82 Å². The van der Waals surface area contributed by atoms with Crippen molar-refractivity contribution in [2.45, 2.75) is 12.5 Å². The molecule has 0 aromatic carbocycles. The number of hydrogen-bond acceptors (Lipinski definition) is 3. The first-order valence-electron chi connectivity index (χ1n) is 3.04. The summed E-state index contributed by atoms with van der Waals surface area (Å²) in [5, 5.41) is 8.26. The summed E-state index contributed by atoms with van der Waals surface area (Å²) in [7, 11) is -4.18. The summed E-state index contributed by atoms with van der Waals surface area (Å²) >= 11 is 0. The van der Waals surface area contributed by atoms with Crippen molar-refractivity contribution < 1.29 is 24.3 Å². The summed E-state index contributed by atoms with van der Waals surface area (Å²) in [6, 6.07) is -1.12. The molecule has 6 nitrogen and oxygen atoms in total. The van der Waals surface area contributed by atoms with Crippen LogP contribution in [0.5, 0.6) is 0 Å². The number of rotatable bonds is 4. The number of aliphatic carboxylic acids is 1. The fourth-order valence-electron chi connectivity index (χ4n) is 0.446. The Morgan fingerprint density at radius 3 is 2.42 bits per heavy atom. The van der Waals surface area contributed by atoms with Crippen LogP contribution in [0.25, 0.3) is 0 Å². The molecule has 7 heteroatoms. The summed E-state index contributed by atoms with van der Waals surface area (Å²) < 4.78 is 10.2. The monoisotopic (exact) mass is 195 g/mol. The number of carboxylic acids is 1. The minimum absolute atomic E-state index is 0.0968. The molecule has 1 atom stereocenters. The first kappa shape index (κ1) is 11.3. The van der Waals surface area contributed by atoms with Crippen LogP contribution < -0.4 is 5.73 Å². The Bertz CT molecular complexity index is 232. The number of carboxylic acid groups (broad SMARTS) is 1. The number of nitrogens with two attached hydrogens (primary N) is 1. The molecule has 0 saturated carbocycles. The van der Waals surface area contributed by atoms with E-state index in [4.69, 9.17) is 20.6 Å². The van der Waals surface area contributed by atoms with Gasteiger partial charge in [0.15, 0.2) is 0 Å². The lowest BCUT2D eigenvalue weighted by Crippen LogP contribution is -2.29. The molecule has 0 aliphatic heterocycles. The van der Waals surface area contributed by atoms with Crippen LogP contribution in [0.2, 0.25) is 0 Å². The zero-order chi connectivity index (χ0) is 9.78. The molecule has 0 radical (unpaired) electrons. The summed E-state index contributed by atoms with van der Waals surface area (Å²) in [6.45, 7) is 0. The molecule has 0 fully saturated rings. The molecule has 0 unspecified atom stereocenters. The van der Waals surface area contributed by atoms with Gasteiger partial charge in [-0.3, -0.25) is 9.36 Å². The molecular formula is C5H10NO5P. The third-order valence-electron chi connectivity index (χ3n) is 1.01. The van der Waals surface area contributed by atoms with E-state index < -0.39 is 19.6 Å². The zero-order valence-corrected chi connectivity index (χ0v) is 7.02. The Labute approximate surface area is 68.9 Å². The van der Waals surface area contributed by atoms with Crippen LogP contribution in [-0.4, -0.2) is 26.9 Å². The molecule has 0 aromatic rings. The van der Waals surface area contributed by atoms with E-state index in [1.54, 1.807) is 0 Å². The fraction of sp³-hybridized carbons (Fsp3) is 0.400. The van der Waals surface area contributed by atoms with E-state index in [2.05, 4.69) is 0 Å². The van der Waals surface area contributed by atoms with Crippen molar-refractivity contribution in [1.29, 1.82) is 0 Å². The van der Waals surface area contributed by atoms with Crippen molar-refractivity contribution >= 4 is 13.6 Å².